The van der Waals surface area contributed by atoms with Gasteiger partial charge in [0.2, 0.25) is 0 Å². The first kappa shape index (κ1) is 10.6. The van der Waals surface area contributed by atoms with Gasteiger partial charge in [-0.1, -0.05) is 42.8 Å². The predicted octanol–water partition coefficient (Wildman–Crippen LogP) is 5.01. The molecule has 17 heavy (non-hydrogen) atoms. The lowest BCUT2D eigenvalue weighted by Gasteiger charge is -2.06. The Balaban J connectivity index is 2.40. The van der Waals surface area contributed by atoms with E-state index in [1.54, 1.807) is 0 Å². The number of hydrogen-bond acceptors (Lipinski definition) is 0. The lowest BCUT2D eigenvalue weighted by Crippen LogP contribution is -1.84. The SMILES string of the molecule is CCc1cc2cc3ccccc3cc2[c]c1Cl. The molecule has 0 amide bonds. The van der Waals surface area contributed by atoms with Gasteiger partial charge in [0.1, 0.15) is 0 Å². The number of hydrogen-bond donors (Lipinski definition) is 0. The van der Waals surface area contributed by atoms with Crippen LogP contribution in [-0.2, 0) is 6.42 Å². The Labute approximate surface area is 106 Å². The molecule has 83 valence electrons. The van der Waals surface area contributed by atoms with E-state index < -0.39 is 0 Å². The van der Waals surface area contributed by atoms with E-state index in [9.17, 15) is 0 Å². The van der Waals surface area contributed by atoms with Crippen molar-refractivity contribution in [2.45, 2.75) is 13.3 Å². The molecule has 0 bridgehead atoms. The number of fused-ring (bicyclic) bond motifs is 2. The minimum absolute atomic E-state index is 0.746. The highest BCUT2D eigenvalue weighted by molar-refractivity contribution is 6.32. The van der Waals surface area contributed by atoms with Gasteiger partial charge in [-0.2, -0.15) is 0 Å². The lowest BCUT2D eigenvalue weighted by molar-refractivity contribution is 1.15. The summed E-state index contributed by atoms with van der Waals surface area (Å²) in [5.41, 5.74) is 1.16. The second-order valence-electron chi connectivity index (χ2n) is 4.25. The fourth-order valence-corrected chi connectivity index (χ4v) is 2.48. The van der Waals surface area contributed by atoms with Crippen LogP contribution in [0.15, 0.2) is 42.5 Å². The van der Waals surface area contributed by atoms with Crippen LogP contribution in [0.4, 0.5) is 0 Å². The molecular weight excluding hydrogens is 228 g/mol. The van der Waals surface area contributed by atoms with Gasteiger partial charge in [0.15, 0.2) is 0 Å². The Morgan fingerprint density at radius 2 is 1.71 bits per heavy atom. The van der Waals surface area contributed by atoms with E-state index in [2.05, 4.69) is 55.5 Å². The molecule has 1 heteroatoms. The minimum Gasteiger partial charge on any atom is -0.0833 e. The molecule has 0 unspecified atom stereocenters. The fraction of sp³-hybridized carbons (Fsp3) is 0.125. The molecule has 0 saturated heterocycles. The van der Waals surface area contributed by atoms with E-state index in [-0.39, 0.29) is 0 Å². The van der Waals surface area contributed by atoms with Crippen LogP contribution in [0.1, 0.15) is 12.5 Å². The third-order valence-corrected chi connectivity index (χ3v) is 3.49. The fourth-order valence-electron chi connectivity index (χ4n) is 2.19. The summed E-state index contributed by atoms with van der Waals surface area (Å²) in [4.78, 5) is 0. The number of halogens is 1. The van der Waals surface area contributed by atoms with Crippen LogP contribution in [0.5, 0.6) is 0 Å². The van der Waals surface area contributed by atoms with Crippen molar-refractivity contribution in [2.75, 3.05) is 0 Å². The summed E-state index contributed by atoms with van der Waals surface area (Å²) in [6.07, 6.45) is 0.943. The van der Waals surface area contributed by atoms with E-state index >= 15 is 0 Å². The zero-order valence-corrected chi connectivity index (χ0v) is 10.4. The zero-order chi connectivity index (χ0) is 11.8. The molecule has 3 aromatic rings. The topological polar surface area (TPSA) is 0 Å². The van der Waals surface area contributed by atoms with Crippen molar-refractivity contribution in [2.24, 2.45) is 0 Å². The molecule has 1 radical (unpaired) electrons. The van der Waals surface area contributed by atoms with Crippen LogP contribution < -0.4 is 0 Å². The molecule has 0 aliphatic rings. The van der Waals surface area contributed by atoms with E-state index in [0.29, 0.717) is 0 Å². The van der Waals surface area contributed by atoms with Crippen molar-refractivity contribution in [3.8, 4) is 0 Å². The predicted molar refractivity (Wildman–Crippen MR) is 74.7 cm³/mol. The highest BCUT2D eigenvalue weighted by Gasteiger charge is 2.03. The summed E-state index contributed by atoms with van der Waals surface area (Å²) in [7, 11) is 0. The van der Waals surface area contributed by atoms with Crippen LogP contribution in [-0.4, -0.2) is 0 Å². The van der Waals surface area contributed by atoms with Gasteiger partial charge >= 0.3 is 0 Å². The van der Waals surface area contributed by atoms with E-state index in [4.69, 9.17) is 11.6 Å². The maximum absolute atomic E-state index is 6.20. The molecular formula is C16H12Cl. The quantitative estimate of drug-likeness (QED) is 0.524. The van der Waals surface area contributed by atoms with Gasteiger partial charge in [-0.15, -0.1) is 0 Å². The third kappa shape index (κ3) is 1.79. The molecule has 3 aromatic carbocycles. The summed E-state index contributed by atoms with van der Waals surface area (Å²) < 4.78 is 0. The van der Waals surface area contributed by atoms with E-state index in [1.807, 2.05) is 0 Å². The maximum Gasteiger partial charge on any atom is 0.0523 e. The molecule has 0 N–H and O–H groups in total. The standard InChI is InChI=1S/C16H12Cl/c1-2-11-7-14-8-12-5-3-4-6-13(12)9-15(14)10-16(11)17/h3-9H,2H2,1H3. The summed E-state index contributed by atoms with van der Waals surface area (Å²) in [6.45, 7) is 2.11. The van der Waals surface area contributed by atoms with Crippen LogP contribution in [0.3, 0.4) is 0 Å². The first-order chi connectivity index (χ1) is 8.28. The van der Waals surface area contributed by atoms with Gasteiger partial charge < -0.3 is 0 Å². The first-order valence-electron chi connectivity index (χ1n) is 5.81. The smallest absolute Gasteiger partial charge is 0.0523 e. The largest absolute Gasteiger partial charge is 0.0833 e. The molecule has 0 atom stereocenters. The van der Waals surface area contributed by atoms with Crippen LogP contribution >= 0.6 is 11.6 Å². The van der Waals surface area contributed by atoms with Crippen molar-refractivity contribution >= 4 is 33.1 Å². The zero-order valence-electron chi connectivity index (χ0n) is 9.63. The average Bonchev–Trinajstić information content (AvgIpc) is 2.35. The molecule has 0 aliphatic carbocycles. The van der Waals surface area contributed by atoms with Gasteiger partial charge in [-0.05, 0) is 51.7 Å². The van der Waals surface area contributed by atoms with E-state index in [0.717, 1.165) is 22.4 Å². The Morgan fingerprint density at radius 1 is 1.00 bits per heavy atom. The molecule has 0 aliphatic heterocycles. The highest BCUT2D eigenvalue weighted by atomic mass is 35.5. The van der Waals surface area contributed by atoms with Gasteiger partial charge in [0.25, 0.3) is 0 Å². The first-order valence-corrected chi connectivity index (χ1v) is 6.19. The molecule has 0 heterocycles. The number of aryl methyl sites for hydroxylation is 1. The molecule has 0 nitrogen and oxygen atoms in total. The van der Waals surface area contributed by atoms with Gasteiger partial charge in [-0.25, -0.2) is 0 Å². The Morgan fingerprint density at radius 3 is 2.41 bits per heavy atom. The van der Waals surface area contributed by atoms with Crippen LogP contribution in [0.25, 0.3) is 21.5 Å². The Kier molecular flexibility index (Phi) is 2.53. The third-order valence-electron chi connectivity index (χ3n) is 3.15. The summed E-state index contributed by atoms with van der Waals surface area (Å²) in [5.74, 6) is 0. The Bertz CT molecular complexity index is 698. The van der Waals surface area contributed by atoms with Gasteiger partial charge in [0, 0.05) is 6.07 Å². The van der Waals surface area contributed by atoms with Crippen molar-refractivity contribution in [3.05, 3.63) is 59.1 Å². The monoisotopic (exact) mass is 239 g/mol. The van der Waals surface area contributed by atoms with E-state index in [1.165, 1.54) is 16.2 Å². The van der Waals surface area contributed by atoms with Crippen molar-refractivity contribution in [3.63, 3.8) is 0 Å². The highest BCUT2D eigenvalue weighted by Crippen LogP contribution is 2.27. The van der Waals surface area contributed by atoms with Gasteiger partial charge in [0.05, 0.1) is 5.02 Å². The average molecular weight is 240 g/mol. The number of benzene rings is 3. The summed E-state index contributed by atoms with van der Waals surface area (Å²) >= 11 is 6.20. The van der Waals surface area contributed by atoms with Crippen LogP contribution in [0.2, 0.25) is 5.02 Å². The normalized spacial score (nSPS) is 11.2. The van der Waals surface area contributed by atoms with Crippen molar-refractivity contribution in [1.29, 1.82) is 0 Å². The maximum atomic E-state index is 6.20. The Hall–Kier alpha value is -1.53. The minimum atomic E-state index is 0.746. The lowest BCUT2D eigenvalue weighted by atomic mass is 10.0. The molecule has 0 saturated carbocycles. The van der Waals surface area contributed by atoms with Crippen LogP contribution in [0, 0.1) is 6.07 Å². The summed E-state index contributed by atoms with van der Waals surface area (Å²) in [6, 6.07) is 18.2. The second kappa shape index (κ2) is 4.05. The second-order valence-corrected chi connectivity index (χ2v) is 4.63. The molecule has 0 fully saturated rings. The molecule has 0 spiro atoms. The van der Waals surface area contributed by atoms with Crippen molar-refractivity contribution in [1.82, 2.24) is 0 Å². The van der Waals surface area contributed by atoms with Crippen molar-refractivity contribution < 1.29 is 0 Å². The number of rotatable bonds is 1. The molecule has 0 aromatic heterocycles. The summed E-state index contributed by atoms with van der Waals surface area (Å²) in [5, 5.41) is 5.54. The van der Waals surface area contributed by atoms with Gasteiger partial charge in [-0.3, -0.25) is 0 Å². The molecule has 3 rings (SSSR count).